The lowest BCUT2D eigenvalue weighted by atomic mass is 10.1. The van der Waals surface area contributed by atoms with Crippen LogP contribution < -0.4 is 14.8 Å². The number of aromatic nitrogens is 2. The van der Waals surface area contributed by atoms with Gasteiger partial charge in [-0.05, 0) is 43.7 Å². The van der Waals surface area contributed by atoms with E-state index in [9.17, 15) is 4.79 Å². The number of imidazole rings is 1. The average molecular weight is 432 g/mol. The van der Waals surface area contributed by atoms with E-state index in [-0.39, 0.29) is 12.3 Å². The van der Waals surface area contributed by atoms with Gasteiger partial charge in [-0.15, -0.1) is 0 Å². The molecular weight excluding hydrogens is 410 g/mol. The third-order valence-electron chi connectivity index (χ3n) is 3.94. The first-order valence-electron chi connectivity index (χ1n) is 8.88. The van der Waals surface area contributed by atoms with E-state index in [1.54, 1.807) is 0 Å². The van der Waals surface area contributed by atoms with Gasteiger partial charge < -0.3 is 19.2 Å². The Kier molecular flexibility index (Phi) is 6.34. The van der Waals surface area contributed by atoms with Crippen LogP contribution in [0.15, 0.2) is 47.2 Å². The number of halogens is 1. The Bertz CT molecular complexity index is 906. The van der Waals surface area contributed by atoms with Crippen molar-refractivity contribution in [3.05, 3.63) is 58.5 Å². The van der Waals surface area contributed by atoms with Crippen molar-refractivity contribution in [3.63, 3.8) is 0 Å². The molecule has 0 radical (unpaired) electrons. The number of carbonyl (C=O) groups excluding carboxylic acids is 1. The van der Waals surface area contributed by atoms with Gasteiger partial charge in [0.2, 0.25) is 5.91 Å². The summed E-state index contributed by atoms with van der Waals surface area (Å²) in [6.45, 7) is 5.30. The molecule has 3 aromatic rings. The second kappa shape index (κ2) is 8.90. The molecule has 0 spiro atoms. The highest BCUT2D eigenvalue weighted by molar-refractivity contribution is 9.10. The van der Waals surface area contributed by atoms with Gasteiger partial charge in [-0.1, -0.05) is 22.0 Å². The summed E-state index contributed by atoms with van der Waals surface area (Å²) >= 11 is 3.52. The molecule has 1 amide bonds. The number of hydrogen-bond donors (Lipinski definition) is 1. The van der Waals surface area contributed by atoms with Crippen molar-refractivity contribution < 1.29 is 14.3 Å². The highest BCUT2D eigenvalue weighted by Crippen LogP contribution is 2.34. The lowest BCUT2D eigenvalue weighted by Gasteiger charge is -2.14. The lowest BCUT2D eigenvalue weighted by Crippen LogP contribution is -2.24. The normalized spacial score (nSPS) is 10.8. The second-order valence-electron chi connectivity index (χ2n) is 5.91. The number of amides is 1. The number of ether oxygens (including phenoxy) is 2. The molecule has 0 aliphatic carbocycles. The molecule has 6 nitrogen and oxygen atoms in total. The van der Waals surface area contributed by atoms with Crippen molar-refractivity contribution in [2.75, 3.05) is 13.2 Å². The molecule has 2 heterocycles. The average Bonchev–Trinajstić information content (AvgIpc) is 3.07. The Labute approximate surface area is 166 Å². The summed E-state index contributed by atoms with van der Waals surface area (Å²) in [4.78, 5) is 16.9. The van der Waals surface area contributed by atoms with Crippen LogP contribution in [0.1, 0.15) is 25.1 Å². The molecule has 27 heavy (non-hydrogen) atoms. The lowest BCUT2D eigenvalue weighted by molar-refractivity contribution is -0.120. The highest BCUT2D eigenvalue weighted by Gasteiger charge is 2.14. The fraction of sp³-hybridized carbons (Fsp3) is 0.300. The first-order chi connectivity index (χ1) is 13.1. The van der Waals surface area contributed by atoms with Gasteiger partial charge in [0, 0.05) is 16.9 Å². The smallest absolute Gasteiger partial charge is 0.224 e. The van der Waals surface area contributed by atoms with E-state index in [4.69, 9.17) is 9.47 Å². The number of pyridine rings is 1. The number of benzene rings is 1. The molecule has 1 N–H and O–H groups in total. The summed E-state index contributed by atoms with van der Waals surface area (Å²) < 4.78 is 14.0. The Morgan fingerprint density at radius 2 is 1.93 bits per heavy atom. The van der Waals surface area contributed by atoms with Crippen LogP contribution in [0, 0.1) is 0 Å². The number of nitrogens with one attached hydrogen (secondary N) is 1. The predicted octanol–water partition coefficient (Wildman–Crippen LogP) is 3.75. The molecule has 2 aromatic heterocycles. The predicted molar refractivity (Wildman–Crippen MR) is 107 cm³/mol. The van der Waals surface area contributed by atoms with Crippen molar-refractivity contribution >= 4 is 27.5 Å². The number of fused-ring (bicyclic) bond motifs is 1. The first-order valence-corrected chi connectivity index (χ1v) is 9.67. The monoisotopic (exact) mass is 431 g/mol. The van der Waals surface area contributed by atoms with Crippen LogP contribution in [0.5, 0.6) is 11.5 Å². The number of nitrogens with zero attached hydrogens (tertiary/aromatic N) is 2. The summed E-state index contributed by atoms with van der Waals surface area (Å²) in [5.41, 5.74) is 2.52. The van der Waals surface area contributed by atoms with Crippen molar-refractivity contribution in [3.8, 4) is 11.5 Å². The van der Waals surface area contributed by atoms with E-state index >= 15 is 0 Å². The quantitative estimate of drug-likeness (QED) is 0.589. The number of carbonyl (C=O) groups is 1. The molecule has 0 saturated carbocycles. The van der Waals surface area contributed by atoms with Crippen molar-refractivity contribution in [2.45, 2.75) is 26.8 Å². The van der Waals surface area contributed by atoms with Gasteiger partial charge in [0.05, 0.1) is 31.9 Å². The molecule has 7 heteroatoms. The third-order valence-corrected chi connectivity index (χ3v) is 4.68. The molecule has 0 atom stereocenters. The van der Waals surface area contributed by atoms with Crippen LogP contribution >= 0.6 is 15.9 Å². The highest BCUT2D eigenvalue weighted by atomic mass is 79.9. The Morgan fingerprint density at radius 3 is 2.63 bits per heavy atom. The third kappa shape index (κ3) is 4.80. The van der Waals surface area contributed by atoms with Gasteiger partial charge >= 0.3 is 0 Å². The van der Waals surface area contributed by atoms with E-state index < -0.39 is 0 Å². The Hall–Kier alpha value is -2.54. The minimum Gasteiger partial charge on any atom is -0.490 e. The zero-order valence-electron chi connectivity index (χ0n) is 15.4. The fourth-order valence-electron chi connectivity index (χ4n) is 2.75. The maximum absolute atomic E-state index is 12.4. The maximum atomic E-state index is 12.4. The van der Waals surface area contributed by atoms with Crippen molar-refractivity contribution in [1.82, 2.24) is 14.7 Å². The minimum absolute atomic E-state index is 0.0839. The van der Waals surface area contributed by atoms with Crippen molar-refractivity contribution in [1.29, 1.82) is 0 Å². The van der Waals surface area contributed by atoms with Gasteiger partial charge in [-0.2, -0.15) is 0 Å². The Morgan fingerprint density at radius 1 is 1.19 bits per heavy atom. The zero-order chi connectivity index (χ0) is 19.2. The maximum Gasteiger partial charge on any atom is 0.224 e. The molecule has 0 aliphatic heterocycles. The van der Waals surface area contributed by atoms with Crippen LogP contribution in [0.2, 0.25) is 0 Å². The molecule has 0 fully saturated rings. The van der Waals surface area contributed by atoms with Gasteiger partial charge in [-0.3, -0.25) is 4.79 Å². The summed E-state index contributed by atoms with van der Waals surface area (Å²) in [7, 11) is 0. The summed E-state index contributed by atoms with van der Waals surface area (Å²) in [5.74, 6) is 1.23. The molecule has 0 unspecified atom stereocenters. The van der Waals surface area contributed by atoms with Crippen LogP contribution in [0.3, 0.4) is 0 Å². The summed E-state index contributed by atoms with van der Waals surface area (Å²) in [6, 6.07) is 9.50. The van der Waals surface area contributed by atoms with E-state index in [0.717, 1.165) is 21.4 Å². The van der Waals surface area contributed by atoms with Gasteiger partial charge in [0.25, 0.3) is 0 Å². The van der Waals surface area contributed by atoms with Crippen LogP contribution in [0.25, 0.3) is 5.65 Å². The summed E-state index contributed by atoms with van der Waals surface area (Å²) in [5, 5.41) is 2.92. The molecule has 0 saturated heterocycles. The molecular formula is C20H22BrN3O3. The second-order valence-corrected chi connectivity index (χ2v) is 6.76. The topological polar surface area (TPSA) is 64.9 Å². The van der Waals surface area contributed by atoms with Gasteiger partial charge in [0.15, 0.2) is 11.5 Å². The van der Waals surface area contributed by atoms with Gasteiger partial charge in [0.1, 0.15) is 5.65 Å². The largest absolute Gasteiger partial charge is 0.490 e. The van der Waals surface area contributed by atoms with Crippen LogP contribution in [0.4, 0.5) is 0 Å². The van der Waals surface area contributed by atoms with E-state index in [1.165, 1.54) is 0 Å². The zero-order valence-corrected chi connectivity index (χ0v) is 17.0. The Balaban J connectivity index is 1.66. The van der Waals surface area contributed by atoms with E-state index in [1.807, 2.05) is 61.0 Å². The molecule has 0 bridgehead atoms. The van der Waals surface area contributed by atoms with Crippen molar-refractivity contribution in [2.24, 2.45) is 0 Å². The summed E-state index contributed by atoms with van der Waals surface area (Å²) in [6.07, 6.45) is 4.08. The number of rotatable bonds is 8. The molecule has 0 aliphatic rings. The molecule has 3 rings (SSSR count). The van der Waals surface area contributed by atoms with E-state index in [0.29, 0.717) is 31.3 Å². The number of hydrogen-bond acceptors (Lipinski definition) is 4. The SMILES string of the molecule is CCOc1cc(Br)c(CC(=O)NCc2cn3ccccc3n2)cc1OCC. The minimum atomic E-state index is -0.0839. The fourth-order valence-corrected chi connectivity index (χ4v) is 3.21. The molecule has 1 aromatic carbocycles. The first kappa shape index (κ1) is 19.2. The molecule has 142 valence electrons. The standard InChI is InChI=1S/C20H22BrN3O3/c1-3-26-17-9-14(16(21)11-18(17)27-4-2)10-20(25)22-12-15-13-24-8-6-5-7-19(24)23-15/h5-9,11,13H,3-4,10,12H2,1-2H3,(H,22,25). The van der Waals surface area contributed by atoms with Gasteiger partial charge in [-0.25, -0.2) is 4.98 Å². The van der Waals surface area contributed by atoms with E-state index in [2.05, 4.69) is 26.2 Å². The van der Waals surface area contributed by atoms with Crippen LogP contribution in [-0.4, -0.2) is 28.5 Å². The van der Waals surface area contributed by atoms with Crippen LogP contribution in [-0.2, 0) is 17.8 Å².